The lowest BCUT2D eigenvalue weighted by Gasteiger charge is -1.98. The third-order valence-electron chi connectivity index (χ3n) is 2.70. The highest BCUT2D eigenvalue weighted by atomic mass is 15.1. The molecule has 2 N–H and O–H groups in total. The van der Waals surface area contributed by atoms with Crippen LogP contribution in [0.3, 0.4) is 0 Å². The van der Waals surface area contributed by atoms with E-state index >= 15 is 0 Å². The van der Waals surface area contributed by atoms with E-state index in [0.29, 0.717) is 5.95 Å². The summed E-state index contributed by atoms with van der Waals surface area (Å²) in [5, 5.41) is 0. The van der Waals surface area contributed by atoms with Gasteiger partial charge in [-0.1, -0.05) is 29.8 Å². The molecule has 1 aromatic carbocycles. The smallest absolute Gasteiger partial charge is 0.200 e. The van der Waals surface area contributed by atoms with Gasteiger partial charge in [0, 0.05) is 19.2 Å². The molecular weight excluding hydrogens is 198 g/mol. The van der Waals surface area contributed by atoms with Crippen molar-refractivity contribution in [1.29, 1.82) is 0 Å². The van der Waals surface area contributed by atoms with E-state index in [1.54, 1.807) is 0 Å². The van der Waals surface area contributed by atoms with Gasteiger partial charge >= 0.3 is 0 Å². The molecule has 0 saturated heterocycles. The fourth-order valence-electron chi connectivity index (χ4n) is 1.74. The maximum Gasteiger partial charge on any atom is 0.200 e. The molecule has 1 heterocycles. The first-order chi connectivity index (χ1) is 7.69. The molecule has 2 rings (SSSR count). The summed E-state index contributed by atoms with van der Waals surface area (Å²) in [5.74, 6) is 0.601. The number of nitrogen functional groups attached to an aromatic ring is 1. The van der Waals surface area contributed by atoms with Crippen LogP contribution in [0.15, 0.2) is 30.5 Å². The van der Waals surface area contributed by atoms with E-state index in [2.05, 4.69) is 43.1 Å². The lowest BCUT2D eigenvalue weighted by atomic mass is 10.1. The molecule has 0 saturated carbocycles. The SMILES string of the molecule is CCn1cc(Cc2ccc(C)cc2)nc1N. The van der Waals surface area contributed by atoms with Gasteiger partial charge in [-0.15, -0.1) is 0 Å². The number of hydrogen-bond donors (Lipinski definition) is 1. The fraction of sp³-hybridized carbons (Fsp3) is 0.308. The zero-order chi connectivity index (χ0) is 11.5. The molecule has 16 heavy (non-hydrogen) atoms. The Kier molecular flexibility index (Phi) is 2.95. The molecule has 0 aliphatic carbocycles. The third kappa shape index (κ3) is 2.24. The standard InChI is InChI=1S/C13H17N3/c1-3-16-9-12(15-13(16)14)8-11-6-4-10(2)5-7-11/h4-7,9H,3,8H2,1-2H3,(H2,14,15). The van der Waals surface area contributed by atoms with Crippen molar-refractivity contribution in [1.82, 2.24) is 9.55 Å². The summed E-state index contributed by atoms with van der Waals surface area (Å²) in [7, 11) is 0. The highest BCUT2D eigenvalue weighted by molar-refractivity contribution is 5.28. The normalized spacial score (nSPS) is 10.6. The summed E-state index contributed by atoms with van der Waals surface area (Å²) in [6.07, 6.45) is 2.87. The van der Waals surface area contributed by atoms with Gasteiger partial charge in [0.1, 0.15) is 0 Å². The van der Waals surface area contributed by atoms with E-state index in [1.807, 2.05) is 10.8 Å². The molecule has 0 bridgehead atoms. The minimum Gasteiger partial charge on any atom is -0.369 e. The predicted molar refractivity (Wildman–Crippen MR) is 66.3 cm³/mol. The van der Waals surface area contributed by atoms with Crippen LogP contribution in [0.5, 0.6) is 0 Å². The first kappa shape index (κ1) is 10.7. The zero-order valence-electron chi connectivity index (χ0n) is 9.77. The van der Waals surface area contributed by atoms with E-state index in [4.69, 9.17) is 5.73 Å². The van der Waals surface area contributed by atoms with Crippen LogP contribution in [0.1, 0.15) is 23.7 Å². The Morgan fingerprint density at radius 3 is 2.50 bits per heavy atom. The number of nitrogens with zero attached hydrogens (tertiary/aromatic N) is 2. The monoisotopic (exact) mass is 215 g/mol. The van der Waals surface area contributed by atoms with Crippen LogP contribution in [-0.2, 0) is 13.0 Å². The molecule has 3 nitrogen and oxygen atoms in total. The maximum absolute atomic E-state index is 5.78. The number of anilines is 1. The summed E-state index contributed by atoms with van der Waals surface area (Å²) in [6.45, 7) is 5.02. The zero-order valence-corrected chi connectivity index (χ0v) is 9.77. The molecule has 0 aliphatic rings. The van der Waals surface area contributed by atoms with Crippen molar-refractivity contribution in [2.45, 2.75) is 26.8 Å². The predicted octanol–water partition coefficient (Wildman–Crippen LogP) is 2.38. The van der Waals surface area contributed by atoms with Crippen LogP contribution in [0.4, 0.5) is 5.95 Å². The van der Waals surface area contributed by atoms with Gasteiger partial charge in [-0.25, -0.2) is 4.98 Å². The largest absolute Gasteiger partial charge is 0.369 e. The Hall–Kier alpha value is -1.77. The molecular formula is C13H17N3. The van der Waals surface area contributed by atoms with Crippen LogP contribution < -0.4 is 5.73 Å². The number of benzene rings is 1. The first-order valence-corrected chi connectivity index (χ1v) is 5.56. The molecule has 0 aliphatic heterocycles. The molecule has 0 atom stereocenters. The number of aryl methyl sites for hydroxylation is 2. The minimum atomic E-state index is 0.601. The minimum absolute atomic E-state index is 0.601. The highest BCUT2D eigenvalue weighted by Crippen LogP contribution is 2.11. The van der Waals surface area contributed by atoms with Gasteiger partial charge in [-0.2, -0.15) is 0 Å². The summed E-state index contributed by atoms with van der Waals surface area (Å²) in [4.78, 5) is 4.34. The van der Waals surface area contributed by atoms with Crippen molar-refractivity contribution in [3.63, 3.8) is 0 Å². The molecule has 0 spiro atoms. The maximum atomic E-state index is 5.78. The summed E-state index contributed by atoms with van der Waals surface area (Å²) in [6, 6.07) is 8.51. The molecule has 84 valence electrons. The lowest BCUT2D eigenvalue weighted by Crippen LogP contribution is -1.98. The second kappa shape index (κ2) is 4.39. The summed E-state index contributed by atoms with van der Waals surface area (Å²) in [5.41, 5.74) is 9.36. The van der Waals surface area contributed by atoms with E-state index < -0.39 is 0 Å². The van der Waals surface area contributed by atoms with Crippen molar-refractivity contribution in [3.8, 4) is 0 Å². The van der Waals surface area contributed by atoms with Crippen molar-refractivity contribution < 1.29 is 0 Å². The molecule has 0 amide bonds. The summed E-state index contributed by atoms with van der Waals surface area (Å²) >= 11 is 0. The Labute approximate surface area is 95.9 Å². The summed E-state index contributed by atoms with van der Waals surface area (Å²) < 4.78 is 1.96. The van der Waals surface area contributed by atoms with Crippen LogP contribution in [-0.4, -0.2) is 9.55 Å². The number of aromatic nitrogens is 2. The van der Waals surface area contributed by atoms with Gasteiger partial charge in [0.2, 0.25) is 0 Å². The van der Waals surface area contributed by atoms with Crippen LogP contribution in [0.2, 0.25) is 0 Å². The van der Waals surface area contributed by atoms with Crippen LogP contribution >= 0.6 is 0 Å². The topological polar surface area (TPSA) is 43.8 Å². The second-order valence-electron chi connectivity index (χ2n) is 4.04. The number of imidazole rings is 1. The molecule has 1 aromatic heterocycles. The fourth-order valence-corrected chi connectivity index (χ4v) is 1.74. The van der Waals surface area contributed by atoms with Gasteiger partial charge in [-0.3, -0.25) is 0 Å². The average molecular weight is 215 g/mol. The highest BCUT2D eigenvalue weighted by Gasteiger charge is 2.04. The molecule has 0 radical (unpaired) electrons. The van der Waals surface area contributed by atoms with Gasteiger partial charge in [0.15, 0.2) is 5.95 Å². The molecule has 0 unspecified atom stereocenters. The number of nitrogens with two attached hydrogens (primary N) is 1. The molecule has 2 aromatic rings. The molecule has 3 heteroatoms. The van der Waals surface area contributed by atoms with Gasteiger partial charge in [0.25, 0.3) is 0 Å². The quantitative estimate of drug-likeness (QED) is 0.854. The van der Waals surface area contributed by atoms with E-state index in [0.717, 1.165) is 18.7 Å². The van der Waals surface area contributed by atoms with Crippen LogP contribution in [0.25, 0.3) is 0 Å². The average Bonchev–Trinajstić information content (AvgIpc) is 2.62. The van der Waals surface area contributed by atoms with Gasteiger partial charge in [0.05, 0.1) is 5.69 Å². The van der Waals surface area contributed by atoms with Crippen LogP contribution in [0, 0.1) is 6.92 Å². The first-order valence-electron chi connectivity index (χ1n) is 5.56. The van der Waals surface area contributed by atoms with Gasteiger partial charge in [-0.05, 0) is 19.4 Å². The number of hydrogen-bond acceptors (Lipinski definition) is 2. The Balaban J connectivity index is 2.17. The van der Waals surface area contributed by atoms with E-state index in [-0.39, 0.29) is 0 Å². The lowest BCUT2D eigenvalue weighted by molar-refractivity contribution is 0.773. The Bertz CT molecular complexity index is 468. The van der Waals surface area contributed by atoms with Crippen molar-refractivity contribution in [2.75, 3.05) is 5.73 Å². The van der Waals surface area contributed by atoms with Crippen molar-refractivity contribution >= 4 is 5.95 Å². The van der Waals surface area contributed by atoms with E-state index in [9.17, 15) is 0 Å². The van der Waals surface area contributed by atoms with Gasteiger partial charge < -0.3 is 10.3 Å². The Morgan fingerprint density at radius 1 is 1.25 bits per heavy atom. The van der Waals surface area contributed by atoms with Crippen molar-refractivity contribution in [3.05, 3.63) is 47.3 Å². The number of rotatable bonds is 3. The Morgan fingerprint density at radius 2 is 1.94 bits per heavy atom. The molecule has 0 fully saturated rings. The third-order valence-corrected chi connectivity index (χ3v) is 2.70. The van der Waals surface area contributed by atoms with E-state index in [1.165, 1.54) is 11.1 Å². The van der Waals surface area contributed by atoms with Crippen molar-refractivity contribution in [2.24, 2.45) is 0 Å². The second-order valence-corrected chi connectivity index (χ2v) is 4.04.